The van der Waals surface area contributed by atoms with Crippen molar-refractivity contribution in [2.24, 2.45) is 5.73 Å². The van der Waals surface area contributed by atoms with E-state index in [4.69, 9.17) is 10.5 Å². The lowest BCUT2D eigenvalue weighted by molar-refractivity contribution is -0.146. The van der Waals surface area contributed by atoms with Crippen molar-refractivity contribution in [3.05, 3.63) is 0 Å². The molecule has 1 unspecified atom stereocenters. The van der Waals surface area contributed by atoms with E-state index in [9.17, 15) is 4.79 Å². The maximum absolute atomic E-state index is 11.5. The molecule has 1 atom stereocenters. The number of carbonyl (C=O) groups excluding carboxylic acids is 1. The van der Waals surface area contributed by atoms with Crippen LogP contribution in [0.3, 0.4) is 0 Å². The lowest BCUT2D eigenvalue weighted by atomic mass is 9.96. The van der Waals surface area contributed by atoms with E-state index in [1.54, 1.807) is 6.92 Å². The molecule has 0 spiro atoms. The number of nitrogens with zero attached hydrogens (tertiary/aromatic N) is 2. The van der Waals surface area contributed by atoms with Gasteiger partial charge in [-0.15, -0.1) is 0 Å². The maximum Gasteiger partial charge on any atom is 0.325 e. The molecule has 1 saturated heterocycles. The molecule has 1 aliphatic rings. The molecule has 0 amide bonds. The number of piperazine rings is 1. The van der Waals surface area contributed by atoms with E-state index in [-0.39, 0.29) is 11.5 Å². The normalized spacial score (nSPS) is 21.0. The number of methoxy groups -OCH3 is 1. The second-order valence-corrected chi connectivity index (χ2v) is 7.37. The Bertz CT molecular complexity index is 329. The fourth-order valence-corrected chi connectivity index (χ4v) is 2.81. The van der Waals surface area contributed by atoms with E-state index in [0.29, 0.717) is 6.42 Å². The summed E-state index contributed by atoms with van der Waals surface area (Å²) in [4.78, 5) is 16.5. The molecule has 5 nitrogen and oxygen atoms in total. The summed E-state index contributed by atoms with van der Waals surface area (Å²) in [7, 11) is 1.39. The van der Waals surface area contributed by atoms with Crippen molar-refractivity contribution in [2.45, 2.75) is 58.0 Å². The summed E-state index contributed by atoms with van der Waals surface area (Å²) in [5, 5.41) is 0. The lowest BCUT2D eigenvalue weighted by Crippen LogP contribution is -2.53. The third-order valence-electron chi connectivity index (χ3n) is 4.39. The molecule has 1 heterocycles. The molecule has 0 saturated carbocycles. The van der Waals surface area contributed by atoms with Gasteiger partial charge in [-0.2, -0.15) is 0 Å². The van der Waals surface area contributed by atoms with Gasteiger partial charge in [0, 0.05) is 31.7 Å². The highest BCUT2D eigenvalue weighted by Gasteiger charge is 2.29. The quantitative estimate of drug-likeness (QED) is 0.594. The molecule has 0 radical (unpaired) electrons. The van der Waals surface area contributed by atoms with Crippen LogP contribution in [0.5, 0.6) is 0 Å². The molecular weight excluding hydrogens is 266 g/mol. The first-order chi connectivity index (χ1) is 9.66. The molecular formula is C16H33N3O2. The molecule has 0 aromatic heterocycles. The van der Waals surface area contributed by atoms with E-state index in [0.717, 1.165) is 45.6 Å². The minimum atomic E-state index is -0.848. The Morgan fingerprint density at radius 1 is 1.10 bits per heavy atom. The SMILES string of the molecule is COC(=O)C(C)(N)CCCCN1CCN(C(C)(C)C)CC1. The highest BCUT2D eigenvalue weighted by atomic mass is 16.5. The third-order valence-corrected chi connectivity index (χ3v) is 4.39. The number of rotatable bonds is 6. The number of carbonyl (C=O) groups is 1. The van der Waals surface area contributed by atoms with E-state index in [1.807, 2.05) is 0 Å². The lowest BCUT2D eigenvalue weighted by Gasteiger charge is -2.42. The molecule has 2 N–H and O–H groups in total. The largest absolute Gasteiger partial charge is 0.468 e. The smallest absolute Gasteiger partial charge is 0.325 e. The van der Waals surface area contributed by atoms with Gasteiger partial charge in [0.2, 0.25) is 0 Å². The van der Waals surface area contributed by atoms with Gasteiger partial charge in [0.15, 0.2) is 0 Å². The van der Waals surface area contributed by atoms with Crippen LogP contribution in [0.15, 0.2) is 0 Å². The van der Waals surface area contributed by atoms with Crippen LogP contribution >= 0.6 is 0 Å². The van der Waals surface area contributed by atoms with Gasteiger partial charge in [0.05, 0.1) is 7.11 Å². The summed E-state index contributed by atoms with van der Waals surface area (Å²) in [6.07, 6.45) is 2.72. The van der Waals surface area contributed by atoms with Crippen LogP contribution in [-0.4, -0.2) is 66.7 Å². The molecule has 0 aromatic rings. The van der Waals surface area contributed by atoms with Gasteiger partial charge in [-0.25, -0.2) is 0 Å². The maximum atomic E-state index is 11.5. The van der Waals surface area contributed by atoms with Crippen LogP contribution in [-0.2, 0) is 9.53 Å². The first-order valence-electron chi connectivity index (χ1n) is 8.01. The molecule has 0 aliphatic carbocycles. The van der Waals surface area contributed by atoms with E-state index < -0.39 is 5.54 Å². The first-order valence-corrected chi connectivity index (χ1v) is 8.01. The number of esters is 1. The van der Waals surface area contributed by atoms with E-state index in [2.05, 4.69) is 30.6 Å². The van der Waals surface area contributed by atoms with Crippen LogP contribution in [0.2, 0.25) is 0 Å². The number of ether oxygens (including phenoxy) is 1. The molecule has 5 heteroatoms. The van der Waals surface area contributed by atoms with Crippen LogP contribution in [0, 0.1) is 0 Å². The molecule has 124 valence electrons. The average Bonchev–Trinajstić information content (AvgIpc) is 2.42. The molecule has 1 rings (SSSR count). The Balaban J connectivity index is 2.19. The zero-order valence-electron chi connectivity index (χ0n) is 14.4. The van der Waals surface area contributed by atoms with Gasteiger partial charge in [-0.3, -0.25) is 9.69 Å². The molecule has 0 aromatic carbocycles. The molecule has 1 fully saturated rings. The van der Waals surface area contributed by atoms with Gasteiger partial charge < -0.3 is 15.4 Å². The summed E-state index contributed by atoms with van der Waals surface area (Å²) in [5.41, 5.74) is 5.39. The molecule has 21 heavy (non-hydrogen) atoms. The van der Waals surface area contributed by atoms with Crippen LogP contribution in [0.4, 0.5) is 0 Å². The fourth-order valence-electron chi connectivity index (χ4n) is 2.81. The fraction of sp³-hybridized carbons (Fsp3) is 0.938. The standard InChI is InChI=1S/C16H33N3O2/c1-15(2,3)19-12-10-18(11-13-19)9-7-6-8-16(4,17)14(20)21-5/h6-13,17H2,1-5H3. The van der Waals surface area contributed by atoms with Crippen LogP contribution in [0.25, 0.3) is 0 Å². The van der Waals surface area contributed by atoms with Gasteiger partial charge in [-0.1, -0.05) is 0 Å². The second-order valence-electron chi connectivity index (χ2n) is 7.37. The topological polar surface area (TPSA) is 58.8 Å². The van der Waals surface area contributed by atoms with Crippen molar-refractivity contribution < 1.29 is 9.53 Å². The zero-order valence-corrected chi connectivity index (χ0v) is 14.4. The Kier molecular flexibility index (Phi) is 6.63. The Morgan fingerprint density at radius 2 is 1.67 bits per heavy atom. The minimum absolute atomic E-state index is 0.272. The Hall–Kier alpha value is -0.650. The molecule has 1 aliphatic heterocycles. The Labute approximate surface area is 129 Å². The van der Waals surface area contributed by atoms with Gasteiger partial charge in [-0.05, 0) is 53.5 Å². The number of hydrogen-bond acceptors (Lipinski definition) is 5. The minimum Gasteiger partial charge on any atom is -0.468 e. The van der Waals surface area contributed by atoms with Gasteiger partial charge in [0.25, 0.3) is 0 Å². The van der Waals surface area contributed by atoms with Crippen LogP contribution in [0.1, 0.15) is 47.0 Å². The van der Waals surface area contributed by atoms with Crippen molar-refractivity contribution in [1.29, 1.82) is 0 Å². The zero-order chi connectivity index (χ0) is 16.1. The second kappa shape index (κ2) is 7.56. The van der Waals surface area contributed by atoms with Crippen molar-refractivity contribution in [1.82, 2.24) is 9.80 Å². The Morgan fingerprint density at radius 3 is 2.14 bits per heavy atom. The summed E-state index contributed by atoms with van der Waals surface area (Å²) < 4.78 is 4.73. The van der Waals surface area contributed by atoms with Crippen molar-refractivity contribution in [3.8, 4) is 0 Å². The number of hydrogen-bond donors (Lipinski definition) is 1. The highest BCUT2D eigenvalue weighted by Crippen LogP contribution is 2.17. The predicted octanol–water partition coefficient (Wildman–Crippen LogP) is 1.46. The molecule has 0 bridgehead atoms. The monoisotopic (exact) mass is 299 g/mol. The predicted molar refractivity (Wildman–Crippen MR) is 86.2 cm³/mol. The average molecular weight is 299 g/mol. The van der Waals surface area contributed by atoms with Crippen LogP contribution < -0.4 is 5.73 Å². The number of nitrogens with two attached hydrogens (primary N) is 1. The van der Waals surface area contributed by atoms with Gasteiger partial charge >= 0.3 is 5.97 Å². The summed E-state index contributed by atoms with van der Waals surface area (Å²) in [5.74, 6) is -0.318. The van der Waals surface area contributed by atoms with Crippen molar-refractivity contribution >= 4 is 5.97 Å². The first kappa shape index (κ1) is 18.4. The third kappa shape index (κ3) is 5.93. The van der Waals surface area contributed by atoms with Gasteiger partial charge in [0.1, 0.15) is 5.54 Å². The highest BCUT2D eigenvalue weighted by molar-refractivity contribution is 5.79. The van der Waals surface area contributed by atoms with E-state index >= 15 is 0 Å². The number of unbranched alkanes of at least 4 members (excludes halogenated alkanes) is 1. The van der Waals surface area contributed by atoms with Crippen molar-refractivity contribution in [3.63, 3.8) is 0 Å². The summed E-state index contributed by atoms with van der Waals surface area (Å²) in [6, 6.07) is 0. The van der Waals surface area contributed by atoms with Crippen molar-refractivity contribution in [2.75, 3.05) is 39.8 Å². The van der Waals surface area contributed by atoms with E-state index in [1.165, 1.54) is 7.11 Å². The summed E-state index contributed by atoms with van der Waals surface area (Å²) in [6.45, 7) is 14.2. The summed E-state index contributed by atoms with van der Waals surface area (Å²) >= 11 is 0.